The van der Waals surface area contributed by atoms with Crippen LogP contribution in [0.25, 0.3) is 0 Å². The molecular weight excluding hydrogens is 410 g/mol. The number of benzene rings is 2. The molecule has 0 radical (unpaired) electrons. The Balaban J connectivity index is 2.33. The van der Waals surface area contributed by atoms with Crippen LogP contribution in [-0.2, 0) is 10.0 Å². The van der Waals surface area contributed by atoms with E-state index < -0.39 is 16.1 Å². The van der Waals surface area contributed by atoms with Crippen molar-refractivity contribution >= 4 is 26.0 Å². The summed E-state index contributed by atoms with van der Waals surface area (Å²) >= 11 is 3.30. The summed E-state index contributed by atoms with van der Waals surface area (Å²) in [5.41, 5.74) is 0.679. The first-order valence-electron chi connectivity index (χ1n) is 7.40. The number of halogens is 1. The number of hydrogen-bond donors (Lipinski definition) is 1. The van der Waals surface area contributed by atoms with Gasteiger partial charge in [0.05, 0.1) is 30.7 Å². The van der Waals surface area contributed by atoms with Crippen molar-refractivity contribution < 1.29 is 22.6 Å². The Kier molecular flexibility index (Phi) is 6.31. The van der Waals surface area contributed by atoms with Gasteiger partial charge < -0.3 is 14.2 Å². The van der Waals surface area contributed by atoms with Gasteiger partial charge in [-0.3, -0.25) is 0 Å². The van der Waals surface area contributed by atoms with Gasteiger partial charge in [0.25, 0.3) is 0 Å². The molecule has 1 atom stereocenters. The summed E-state index contributed by atoms with van der Waals surface area (Å²) in [5.74, 6) is 1.75. The first kappa shape index (κ1) is 19.6. The summed E-state index contributed by atoms with van der Waals surface area (Å²) in [6.07, 6.45) is 0. The Bertz CT molecular complexity index is 854. The molecule has 0 heterocycles. The molecule has 6 nitrogen and oxygen atoms in total. The maximum atomic E-state index is 12.7. The Hall–Kier alpha value is -1.77. The molecule has 2 aromatic rings. The molecule has 0 amide bonds. The molecule has 0 aliphatic rings. The highest BCUT2D eigenvalue weighted by Crippen LogP contribution is 2.31. The molecule has 136 valence electrons. The van der Waals surface area contributed by atoms with Crippen LogP contribution in [0.4, 0.5) is 0 Å². The lowest BCUT2D eigenvalue weighted by atomic mass is 10.1. The van der Waals surface area contributed by atoms with Gasteiger partial charge in [0.1, 0.15) is 17.2 Å². The molecule has 0 spiro atoms. The van der Waals surface area contributed by atoms with Crippen LogP contribution in [0.5, 0.6) is 17.2 Å². The van der Waals surface area contributed by atoms with E-state index in [0.717, 1.165) is 0 Å². The van der Waals surface area contributed by atoms with Crippen molar-refractivity contribution in [1.29, 1.82) is 0 Å². The Morgan fingerprint density at radius 1 is 0.960 bits per heavy atom. The second-order valence-corrected chi connectivity index (χ2v) is 7.82. The first-order chi connectivity index (χ1) is 11.8. The SMILES string of the molecule is COc1ccc(OC)c([C@@H](C)NS(=O)(=O)c2ccc(OC)c(Br)c2)c1. The Morgan fingerprint density at radius 2 is 1.60 bits per heavy atom. The number of ether oxygens (including phenoxy) is 3. The van der Waals surface area contributed by atoms with Crippen LogP contribution < -0.4 is 18.9 Å². The van der Waals surface area contributed by atoms with Crippen LogP contribution in [-0.4, -0.2) is 29.7 Å². The number of sulfonamides is 1. The number of rotatable bonds is 7. The lowest BCUT2D eigenvalue weighted by molar-refractivity contribution is 0.395. The highest BCUT2D eigenvalue weighted by atomic mass is 79.9. The van der Waals surface area contributed by atoms with E-state index >= 15 is 0 Å². The third-order valence-electron chi connectivity index (χ3n) is 3.67. The molecule has 2 rings (SSSR count). The zero-order chi connectivity index (χ0) is 18.6. The van der Waals surface area contributed by atoms with Crippen molar-refractivity contribution in [3.05, 3.63) is 46.4 Å². The minimum atomic E-state index is -3.73. The number of nitrogens with one attached hydrogen (secondary N) is 1. The first-order valence-corrected chi connectivity index (χ1v) is 9.67. The summed E-state index contributed by atoms with van der Waals surface area (Å²) in [7, 11) is 0.872. The van der Waals surface area contributed by atoms with Crippen LogP contribution in [0.15, 0.2) is 45.8 Å². The third-order valence-corrected chi connectivity index (χ3v) is 5.83. The topological polar surface area (TPSA) is 73.9 Å². The van der Waals surface area contributed by atoms with Crippen molar-refractivity contribution in [3.63, 3.8) is 0 Å². The van der Waals surface area contributed by atoms with E-state index in [2.05, 4.69) is 20.7 Å². The number of hydrogen-bond acceptors (Lipinski definition) is 5. The Morgan fingerprint density at radius 3 is 2.16 bits per heavy atom. The lowest BCUT2D eigenvalue weighted by Gasteiger charge is -2.18. The maximum Gasteiger partial charge on any atom is 0.241 e. The summed E-state index contributed by atoms with van der Waals surface area (Å²) in [4.78, 5) is 0.133. The van der Waals surface area contributed by atoms with E-state index in [9.17, 15) is 8.42 Å². The van der Waals surface area contributed by atoms with Crippen LogP contribution in [0.3, 0.4) is 0 Å². The fraction of sp³-hybridized carbons (Fsp3) is 0.294. The van der Waals surface area contributed by atoms with Crippen LogP contribution in [0.1, 0.15) is 18.5 Å². The summed E-state index contributed by atoms with van der Waals surface area (Å²) < 4.78 is 44.2. The standard InChI is InChI=1S/C17H20BrNO5S/c1-11(14-9-12(22-2)5-7-16(14)23-3)19-25(20,21)13-6-8-17(24-4)15(18)10-13/h5-11,19H,1-4H3/t11-/m1/s1. The molecule has 0 fully saturated rings. The third kappa shape index (κ3) is 4.45. The minimum absolute atomic E-state index is 0.133. The zero-order valence-corrected chi connectivity index (χ0v) is 16.8. The lowest BCUT2D eigenvalue weighted by Crippen LogP contribution is -2.27. The highest BCUT2D eigenvalue weighted by Gasteiger charge is 2.22. The van der Waals surface area contributed by atoms with E-state index in [1.54, 1.807) is 38.3 Å². The number of methoxy groups -OCH3 is 3. The minimum Gasteiger partial charge on any atom is -0.497 e. The molecule has 0 aromatic heterocycles. The molecule has 8 heteroatoms. The van der Waals surface area contributed by atoms with Crippen molar-refractivity contribution in [1.82, 2.24) is 4.72 Å². The largest absolute Gasteiger partial charge is 0.497 e. The van der Waals surface area contributed by atoms with Gasteiger partial charge in [0, 0.05) is 11.6 Å². The quantitative estimate of drug-likeness (QED) is 0.728. The van der Waals surface area contributed by atoms with Gasteiger partial charge in [0.2, 0.25) is 10.0 Å². The van der Waals surface area contributed by atoms with Gasteiger partial charge in [-0.15, -0.1) is 0 Å². The van der Waals surface area contributed by atoms with E-state index in [0.29, 0.717) is 27.3 Å². The zero-order valence-electron chi connectivity index (χ0n) is 14.4. The monoisotopic (exact) mass is 429 g/mol. The van der Waals surface area contributed by atoms with Gasteiger partial charge in [-0.1, -0.05) is 0 Å². The van der Waals surface area contributed by atoms with Crippen LogP contribution >= 0.6 is 15.9 Å². The normalized spacial score (nSPS) is 12.5. The van der Waals surface area contributed by atoms with Gasteiger partial charge in [-0.25, -0.2) is 13.1 Å². The molecule has 2 aromatic carbocycles. The van der Waals surface area contributed by atoms with Crippen LogP contribution in [0, 0.1) is 0 Å². The molecule has 0 saturated carbocycles. The molecule has 1 N–H and O–H groups in total. The average molecular weight is 430 g/mol. The fourth-order valence-electron chi connectivity index (χ4n) is 2.36. The Labute approximate surface area is 156 Å². The molecular formula is C17H20BrNO5S. The van der Waals surface area contributed by atoms with E-state index in [1.807, 2.05) is 0 Å². The average Bonchev–Trinajstić information content (AvgIpc) is 2.60. The van der Waals surface area contributed by atoms with Crippen molar-refractivity contribution in [2.75, 3.05) is 21.3 Å². The second kappa shape index (κ2) is 8.07. The molecule has 0 aliphatic heterocycles. The molecule has 0 bridgehead atoms. The molecule has 25 heavy (non-hydrogen) atoms. The summed E-state index contributed by atoms with van der Waals surface area (Å²) in [5, 5.41) is 0. The molecule has 0 saturated heterocycles. The fourth-order valence-corrected chi connectivity index (χ4v) is 4.30. The predicted octanol–water partition coefficient (Wildman–Crippen LogP) is 3.51. The van der Waals surface area contributed by atoms with Gasteiger partial charge in [-0.2, -0.15) is 0 Å². The second-order valence-electron chi connectivity index (χ2n) is 5.25. The molecule has 0 aliphatic carbocycles. The van der Waals surface area contributed by atoms with Crippen molar-refractivity contribution in [2.45, 2.75) is 17.9 Å². The summed E-state index contributed by atoms with van der Waals surface area (Å²) in [6, 6.07) is 9.30. The predicted molar refractivity (Wildman–Crippen MR) is 99.0 cm³/mol. The van der Waals surface area contributed by atoms with Gasteiger partial charge in [0.15, 0.2) is 0 Å². The summed E-state index contributed by atoms with van der Waals surface area (Å²) in [6.45, 7) is 1.74. The maximum absolute atomic E-state index is 12.7. The van der Waals surface area contributed by atoms with Crippen molar-refractivity contribution in [3.8, 4) is 17.2 Å². The highest BCUT2D eigenvalue weighted by molar-refractivity contribution is 9.10. The van der Waals surface area contributed by atoms with E-state index in [4.69, 9.17) is 14.2 Å². The smallest absolute Gasteiger partial charge is 0.241 e. The van der Waals surface area contributed by atoms with E-state index in [1.165, 1.54) is 26.4 Å². The van der Waals surface area contributed by atoms with Crippen LogP contribution in [0.2, 0.25) is 0 Å². The van der Waals surface area contributed by atoms with Gasteiger partial charge >= 0.3 is 0 Å². The van der Waals surface area contributed by atoms with Gasteiger partial charge in [-0.05, 0) is 59.3 Å². The van der Waals surface area contributed by atoms with Crippen molar-refractivity contribution in [2.24, 2.45) is 0 Å². The van der Waals surface area contributed by atoms with E-state index in [-0.39, 0.29) is 4.90 Å². The molecule has 0 unspecified atom stereocenters.